The van der Waals surface area contributed by atoms with E-state index in [1.807, 2.05) is 30.3 Å². The number of benzene rings is 2. The van der Waals surface area contributed by atoms with E-state index in [2.05, 4.69) is 24.3 Å². The van der Waals surface area contributed by atoms with Crippen LogP contribution in [0.5, 0.6) is 5.75 Å². The molecule has 0 spiro atoms. The zero-order chi connectivity index (χ0) is 15.7. The minimum absolute atomic E-state index is 0.627. The second-order valence-corrected chi connectivity index (χ2v) is 6.13. The summed E-state index contributed by atoms with van der Waals surface area (Å²) in [6.45, 7) is 6.05. The molecule has 2 aromatic rings. The maximum atomic E-state index is 5.78. The first-order valence-corrected chi connectivity index (χ1v) is 8.57. The van der Waals surface area contributed by atoms with Crippen molar-refractivity contribution in [3.8, 4) is 5.75 Å². The first-order chi connectivity index (χ1) is 11.4. The van der Waals surface area contributed by atoms with E-state index in [0.717, 1.165) is 38.5 Å². The average molecular weight is 312 g/mol. The van der Waals surface area contributed by atoms with Crippen LogP contribution >= 0.6 is 0 Å². The smallest absolute Gasteiger partial charge is 0.119 e. The van der Waals surface area contributed by atoms with Gasteiger partial charge in [0.05, 0.1) is 19.8 Å². The van der Waals surface area contributed by atoms with Crippen LogP contribution in [-0.4, -0.2) is 32.8 Å². The molecule has 1 aliphatic rings. The molecular weight excluding hydrogens is 286 g/mol. The molecule has 0 saturated carbocycles. The molecule has 0 amide bonds. The Hall–Kier alpha value is -1.84. The van der Waals surface area contributed by atoms with Gasteiger partial charge in [-0.1, -0.05) is 42.5 Å². The lowest BCUT2D eigenvalue weighted by Crippen LogP contribution is -3.14. The SMILES string of the molecule is c1ccc(OCc2ccc(CCC[NH+]3CCOCC3)cc2)cc1. The van der Waals surface area contributed by atoms with Gasteiger partial charge in [-0.3, -0.25) is 0 Å². The number of morpholine rings is 1. The Morgan fingerprint density at radius 3 is 2.30 bits per heavy atom. The van der Waals surface area contributed by atoms with E-state index < -0.39 is 0 Å². The molecule has 3 rings (SSSR count). The van der Waals surface area contributed by atoms with Gasteiger partial charge in [0.25, 0.3) is 0 Å². The van der Waals surface area contributed by atoms with Gasteiger partial charge in [-0.15, -0.1) is 0 Å². The number of hydrogen-bond donors (Lipinski definition) is 1. The molecule has 1 saturated heterocycles. The fourth-order valence-corrected chi connectivity index (χ4v) is 2.94. The van der Waals surface area contributed by atoms with Gasteiger partial charge < -0.3 is 14.4 Å². The van der Waals surface area contributed by atoms with Gasteiger partial charge in [0.1, 0.15) is 25.4 Å². The quantitative estimate of drug-likeness (QED) is 0.846. The summed E-state index contributed by atoms with van der Waals surface area (Å²) >= 11 is 0. The Kier molecular flexibility index (Phi) is 6.07. The summed E-state index contributed by atoms with van der Waals surface area (Å²) < 4.78 is 11.2. The van der Waals surface area contributed by atoms with E-state index in [9.17, 15) is 0 Å². The van der Waals surface area contributed by atoms with Crippen LogP contribution in [0.2, 0.25) is 0 Å². The topological polar surface area (TPSA) is 22.9 Å². The third-order valence-corrected chi connectivity index (χ3v) is 4.37. The summed E-state index contributed by atoms with van der Waals surface area (Å²) in [5.74, 6) is 0.921. The van der Waals surface area contributed by atoms with E-state index >= 15 is 0 Å². The number of hydrogen-bond acceptors (Lipinski definition) is 2. The van der Waals surface area contributed by atoms with Crippen LogP contribution in [0.4, 0.5) is 0 Å². The minimum atomic E-state index is 0.627. The maximum Gasteiger partial charge on any atom is 0.119 e. The Bertz CT molecular complexity index is 562. The molecule has 0 radical (unpaired) electrons. The van der Waals surface area contributed by atoms with Crippen molar-refractivity contribution in [3.63, 3.8) is 0 Å². The molecule has 0 aromatic heterocycles. The predicted molar refractivity (Wildman–Crippen MR) is 91.9 cm³/mol. The van der Waals surface area contributed by atoms with Crippen molar-refractivity contribution < 1.29 is 14.4 Å². The molecule has 122 valence electrons. The molecule has 23 heavy (non-hydrogen) atoms. The summed E-state index contributed by atoms with van der Waals surface area (Å²) in [7, 11) is 0. The zero-order valence-electron chi connectivity index (χ0n) is 13.7. The average Bonchev–Trinajstić information content (AvgIpc) is 2.63. The number of rotatable bonds is 7. The van der Waals surface area contributed by atoms with Crippen molar-refractivity contribution >= 4 is 0 Å². The van der Waals surface area contributed by atoms with E-state index in [0.29, 0.717) is 6.61 Å². The van der Waals surface area contributed by atoms with E-state index in [1.165, 1.54) is 24.1 Å². The lowest BCUT2D eigenvalue weighted by molar-refractivity contribution is -0.908. The summed E-state index contributed by atoms with van der Waals surface area (Å²) in [5, 5.41) is 0. The Balaban J connectivity index is 1.40. The Labute approximate surface area is 138 Å². The van der Waals surface area contributed by atoms with Crippen LogP contribution in [-0.2, 0) is 17.8 Å². The van der Waals surface area contributed by atoms with Crippen molar-refractivity contribution in [2.24, 2.45) is 0 Å². The fraction of sp³-hybridized carbons (Fsp3) is 0.400. The van der Waals surface area contributed by atoms with Crippen molar-refractivity contribution in [2.75, 3.05) is 32.8 Å². The van der Waals surface area contributed by atoms with Gasteiger partial charge >= 0.3 is 0 Å². The van der Waals surface area contributed by atoms with Crippen molar-refractivity contribution in [3.05, 3.63) is 65.7 Å². The summed E-state index contributed by atoms with van der Waals surface area (Å²) in [6.07, 6.45) is 2.40. The molecule has 1 N–H and O–H groups in total. The van der Waals surface area contributed by atoms with Crippen molar-refractivity contribution in [1.29, 1.82) is 0 Å². The number of ether oxygens (including phenoxy) is 2. The number of aryl methyl sites for hydroxylation is 1. The third-order valence-electron chi connectivity index (χ3n) is 4.37. The van der Waals surface area contributed by atoms with Gasteiger partial charge in [0, 0.05) is 6.42 Å². The van der Waals surface area contributed by atoms with Crippen LogP contribution in [0.3, 0.4) is 0 Å². The van der Waals surface area contributed by atoms with E-state index in [1.54, 1.807) is 4.90 Å². The van der Waals surface area contributed by atoms with E-state index in [-0.39, 0.29) is 0 Å². The first kappa shape index (κ1) is 16.0. The molecule has 0 atom stereocenters. The standard InChI is InChI=1S/C20H25NO2/c1-2-6-20(7-3-1)23-17-19-10-8-18(9-11-19)5-4-12-21-13-15-22-16-14-21/h1-3,6-11H,4-5,12-17H2/p+1. The highest BCUT2D eigenvalue weighted by molar-refractivity contribution is 5.24. The van der Waals surface area contributed by atoms with Crippen LogP contribution < -0.4 is 9.64 Å². The molecule has 2 aromatic carbocycles. The molecule has 0 unspecified atom stereocenters. The first-order valence-electron chi connectivity index (χ1n) is 8.57. The highest BCUT2D eigenvalue weighted by Gasteiger charge is 2.12. The molecule has 3 heteroatoms. The van der Waals surface area contributed by atoms with Gasteiger partial charge in [-0.05, 0) is 29.7 Å². The molecule has 1 fully saturated rings. The number of quaternary nitrogens is 1. The molecule has 0 aliphatic carbocycles. The molecule has 1 heterocycles. The second kappa shape index (κ2) is 8.70. The minimum Gasteiger partial charge on any atom is -0.489 e. The van der Waals surface area contributed by atoms with E-state index in [4.69, 9.17) is 9.47 Å². The van der Waals surface area contributed by atoms with Crippen LogP contribution in [0, 0.1) is 0 Å². The van der Waals surface area contributed by atoms with Crippen LogP contribution in [0.15, 0.2) is 54.6 Å². The van der Waals surface area contributed by atoms with Crippen LogP contribution in [0.25, 0.3) is 0 Å². The van der Waals surface area contributed by atoms with Crippen molar-refractivity contribution in [1.82, 2.24) is 0 Å². The lowest BCUT2D eigenvalue weighted by atomic mass is 10.1. The summed E-state index contributed by atoms with van der Waals surface area (Å²) in [4.78, 5) is 1.68. The largest absolute Gasteiger partial charge is 0.489 e. The Morgan fingerprint density at radius 1 is 0.870 bits per heavy atom. The predicted octanol–water partition coefficient (Wildman–Crippen LogP) is 2.11. The van der Waals surface area contributed by atoms with Crippen LogP contribution in [0.1, 0.15) is 17.5 Å². The monoisotopic (exact) mass is 312 g/mol. The fourth-order valence-electron chi connectivity index (χ4n) is 2.94. The van der Waals surface area contributed by atoms with Gasteiger partial charge in [-0.25, -0.2) is 0 Å². The van der Waals surface area contributed by atoms with Crippen molar-refractivity contribution in [2.45, 2.75) is 19.4 Å². The highest BCUT2D eigenvalue weighted by Crippen LogP contribution is 2.12. The summed E-state index contributed by atoms with van der Waals surface area (Å²) in [6, 6.07) is 18.8. The number of para-hydroxylation sites is 1. The molecule has 3 nitrogen and oxygen atoms in total. The highest BCUT2D eigenvalue weighted by atomic mass is 16.5. The summed E-state index contributed by atoms with van der Waals surface area (Å²) in [5.41, 5.74) is 2.64. The zero-order valence-corrected chi connectivity index (χ0v) is 13.7. The third kappa shape index (κ3) is 5.38. The second-order valence-electron chi connectivity index (χ2n) is 6.13. The van der Waals surface area contributed by atoms with Gasteiger partial charge in [0.15, 0.2) is 0 Å². The molecule has 1 aliphatic heterocycles. The Morgan fingerprint density at radius 2 is 1.57 bits per heavy atom. The normalized spacial score (nSPS) is 15.5. The molecular formula is C20H26NO2+. The lowest BCUT2D eigenvalue weighted by Gasteiger charge is -2.23. The van der Waals surface area contributed by atoms with Gasteiger partial charge in [-0.2, -0.15) is 0 Å². The van der Waals surface area contributed by atoms with Gasteiger partial charge in [0.2, 0.25) is 0 Å². The number of nitrogens with one attached hydrogen (secondary N) is 1. The maximum absolute atomic E-state index is 5.78. The molecule has 0 bridgehead atoms.